The van der Waals surface area contributed by atoms with Gasteiger partial charge in [0.2, 0.25) is 0 Å². The van der Waals surface area contributed by atoms with Crippen LogP contribution in [0.15, 0.2) is 139 Å². The van der Waals surface area contributed by atoms with E-state index in [1.165, 1.54) is 55.1 Å². The fourth-order valence-corrected chi connectivity index (χ4v) is 10.7. The van der Waals surface area contributed by atoms with E-state index in [9.17, 15) is 17.8 Å². The van der Waals surface area contributed by atoms with Crippen molar-refractivity contribution in [2.24, 2.45) is 11.7 Å². The molecule has 7 rings (SSSR count). The fourth-order valence-electron chi connectivity index (χ4n) is 10.2. The quantitative estimate of drug-likeness (QED) is 0.0455. The molecule has 0 saturated heterocycles. The first-order valence-corrected chi connectivity index (χ1v) is 24.4. The Bertz CT molecular complexity index is 2730. The lowest BCUT2D eigenvalue weighted by Crippen LogP contribution is -2.28. The number of anilines is 1. The van der Waals surface area contributed by atoms with Crippen LogP contribution in [0.25, 0.3) is 27.1 Å². The van der Waals surface area contributed by atoms with Gasteiger partial charge in [-0.25, -0.2) is 0 Å². The maximum atomic E-state index is 13.2. The molecule has 64 heavy (non-hydrogen) atoms. The van der Waals surface area contributed by atoms with Crippen molar-refractivity contribution >= 4 is 48.8 Å². The summed E-state index contributed by atoms with van der Waals surface area (Å²) in [6.45, 7) is 18.4. The van der Waals surface area contributed by atoms with Crippen LogP contribution in [0.5, 0.6) is 0 Å². The molecule has 0 aromatic heterocycles. The summed E-state index contributed by atoms with van der Waals surface area (Å²) >= 11 is 0. The van der Waals surface area contributed by atoms with E-state index in [1.54, 1.807) is 0 Å². The van der Waals surface area contributed by atoms with Gasteiger partial charge in [0.1, 0.15) is 0 Å². The van der Waals surface area contributed by atoms with Crippen molar-refractivity contribution in [3.05, 3.63) is 167 Å². The minimum atomic E-state index is -4.05. The molecule has 5 aromatic carbocycles. The van der Waals surface area contributed by atoms with E-state index in [0.717, 1.165) is 42.5 Å². The van der Waals surface area contributed by atoms with Gasteiger partial charge in [-0.2, -0.15) is 8.42 Å². The lowest BCUT2D eigenvalue weighted by atomic mass is 9.73. The van der Waals surface area contributed by atoms with Crippen molar-refractivity contribution in [1.82, 2.24) is 5.32 Å². The van der Waals surface area contributed by atoms with E-state index >= 15 is 0 Å². The molecule has 0 fully saturated rings. The van der Waals surface area contributed by atoms with Crippen molar-refractivity contribution in [1.29, 1.82) is 0 Å². The number of carbonyl (C=O) groups excluding carboxylic acids is 1. The molecule has 0 radical (unpaired) electrons. The number of hydrogen-bond donors (Lipinski definition) is 3. The minimum absolute atomic E-state index is 0.142. The van der Waals surface area contributed by atoms with E-state index in [4.69, 9.17) is 17.0 Å². The molecule has 8 nitrogen and oxygen atoms in total. The van der Waals surface area contributed by atoms with Crippen LogP contribution in [0.3, 0.4) is 0 Å². The highest BCUT2D eigenvalue weighted by Crippen LogP contribution is 2.52. The zero-order chi connectivity index (χ0) is 45.6. The second kappa shape index (κ2) is 19.8. The normalized spacial score (nSPS) is 17.2. The number of nitrogens with two attached hydrogens (primary N) is 1. The lowest BCUT2D eigenvalue weighted by molar-refractivity contribution is 0.0920. The van der Waals surface area contributed by atoms with Crippen LogP contribution in [-0.2, 0) is 25.7 Å². The molecule has 1 aliphatic heterocycles. The Morgan fingerprint density at radius 3 is 2.36 bits per heavy atom. The highest BCUT2D eigenvalue weighted by molar-refractivity contribution is 7.85. The number of hydrogen-bond acceptors (Lipinski definition) is 6. The van der Waals surface area contributed by atoms with Crippen LogP contribution in [0, 0.1) is 12.8 Å². The van der Waals surface area contributed by atoms with Crippen LogP contribution in [0.4, 0.5) is 5.69 Å². The molecule has 9 heteroatoms. The zero-order valence-electron chi connectivity index (χ0n) is 38.3. The number of nitrogens with one attached hydrogen (secondary N) is 1. The predicted molar refractivity (Wildman–Crippen MR) is 266 cm³/mol. The number of rotatable bonds is 18. The van der Waals surface area contributed by atoms with E-state index in [2.05, 4.69) is 148 Å². The Morgan fingerprint density at radius 2 is 1.64 bits per heavy atom. The van der Waals surface area contributed by atoms with Crippen LogP contribution < -0.4 is 16.0 Å². The smallest absolute Gasteiger partial charge is 0.264 e. The van der Waals surface area contributed by atoms with Gasteiger partial charge in [0, 0.05) is 47.4 Å². The number of unbranched alkanes of at least 4 members (excludes halogenated alkanes) is 1. The van der Waals surface area contributed by atoms with E-state index in [1.807, 2.05) is 12.1 Å². The summed E-state index contributed by atoms with van der Waals surface area (Å²) < 4.78 is 38.3. The van der Waals surface area contributed by atoms with Crippen molar-refractivity contribution in [2.45, 2.75) is 84.0 Å². The summed E-state index contributed by atoms with van der Waals surface area (Å²) in [5.74, 6) is -0.203. The number of amides is 1. The van der Waals surface area contributed by atoms with Gasteiger partial charge in [-0.05, 0) is 130 Å². The molecular weight excluding hydrogens is 815 g/mol. The third-order valence-corrected chi connectivity index (χ3v) is 14.2. The fraction of sp³-hybridized carbons (Fsp3) is 0.364. The number of carbonyl (C=O) groups is 1. The number of benzene rings is 5. The molecule has 1 atom stereocenters. The first kappa shape index (κ1) is 46.7. The van der Waals surface area contributed by atoms with Gasteiger partial charge in [0.05, 0.1) is 19.0 Å². The predicted octanol–water partition coefficient (Wildman–Crippen LogP) is 11.4. The largest absolute Gasteiger partial charge is 0.378 e. The number of allylic oxidation sites excluding steroid dienone is 7. The molecule has 1 unspecified atom stereocenters. The van der Waals surface area contributed by atoms with Crippen LogP contribution in [-0.4, -0.2) is 57.5 Å². The van der Waals surface area contributed by atoms with Gasteiger partial charge in [-0.1, -0.05) is 131 Å². The van der Waals surface area contributed by atoms with E-state index in [0.29, 0.717) is 51.3 Å². The van der Waals surface area contributed by atoms with Crippen molar-refractivity contribution in [3.8, 4) is 0 Å². The molecular formula is C55H65N3O5S. The van der Waals surface area contributed by atoms with Gasteiger partial charge in [0.15, 0.2) is 0 Å². The van der Waals surface area contributed by atoms with E-state index < -0.39 is 10.1 Å². The second-order valence-corrected chi connectivity index (χ2v) is 20.1. The minimum Gasteiger partial charge on any atom is -0.378 e. The topological polar surface area (TPSA) is 122 Å². The zero-order valence-corrected chi connectivity index (χ0v) is 39.1. The number of nitrogens with zero attached hydrogens (tertiary/aromatic N) is 1. The molecule has 0 spiro atoms. The highest BCUT2D eigenvalue weighted by atomic mass is 32.2. The maximum absolute atomic E-state index is 13.2. The molecule has 0 saturated carbocycles. The van der Waals surface area contributed by atoms with Crippen molar-refractivity contribution in [2.75, 3.05) is 43.5 Å². The summed E-state index contributed by atoms with van der Waals surface area (Å²) in [7, 11) is -4.05. The summed E-state index contributed by atoms with van der Waals surface area (Å²) in [5.41, 5.74) is 16.3. The molecule has 0 bridgehead atoms. The van der Waals surface area contributed by atoms with Gasteiger partial charge >= 0.3 is 0 Å². The number of fused-ring (bicyclic) bond motifs is 4. The lowest BCUT2D eigenvalue weighted by Gasteiger charge is -2.31. The average Bonchev–Trinajstić information content (AvgIpc) is 3.50. The average molecular weight is 880 g/mol. The standard InChI is InChI=1S/C55H65N3O5S/c1-38-20-22-40-14-7-9-18-46(40)51(38)54(3,4)39(2)21-23-42-16-13-17-43(50(42)44-24-26-45(27-25-44)53(59)57-33-36-63-35-32-56)29-31-49-55(5,6)52-47-19-10-8-15-41(47)28-30-48(52)58(49)34-11-12-37-64(60,61)62/h7-10,14-15,18-28,30-31,43H,2,11-13,16-17,29,32-37,56H2,1,3-6H3,(H,57,59)(H,60,61,62)/b23-21+,49-31-. The molecule has 1 heterocycles. The molecule has 1 amide bonds. The Labute approximate surface area is 380 Å². The molecule has 336 valence electrons. The highest BCUT2D eigenvalue weighted by Gasteiger charge is 2.41. The number of aryl methyl sites for hydroxylation is 1. The Balaban J connectivity index is 1.25. The first-order valence-electron chi connectivity index (χ1n) is 22.8. The first-order chi connectivity index (χ1) is 30.6. The van der Waals surface area contributed by atoms with Crippen LogP contribution >= 0.6 is 0 Å². The molecule has 1 aliphatic carbocycles. The summed E-state index contributed by atoms with van der Waals surface area (Å²) in [6.07, 6.45) is 11.7. The maximum Gasteiger partial charge on any atom is 0.264 e. The third kappa shape index (κ3) is 10.1. The molecule has 5 aromatic rings. The van der Waals surface area contributed by atoms with Crippen molar-refractivity contribution < 1.29 is 22.5 Å². The Morgan fingerprint density at radius 1 is 0.953 bits per heavy atom. The van der Waals surface area contributed by atoms with E-state index in [-0.39, 0.29) is 28.4 Å². The Hall–Kier alpha value is -5.32. The Kier molecular flexibility index (Phi) is 14.5. The molecule has 4 N–H and O–H groups in total. The summed E-state index contributed by atoms with van der Waals surface area (Å²) in [6, 6.07) is 33.9. The third-order valence-electron chi connectivity index (χ3n) is 13.4. The van der Waals surface area contributed by atoms with Gasteiger partial charge in [0.25, 0.3) is 16.0 Å². The van der Waals surface area contributed by atoms with Gasteiger partial charge in [-0.15, -0.1) is 0 Å². The SMILES string of the molecule is C=C(/C=C/C1=C(c2ccc(C(=O)NCCOCCN)cc2)C(C/C=C2\N(CCCCS(=O)(=O)O)c3ccc4ccccc4c3C2(C)C)CCC1)C(C)(C)c1c(C)ccc2ccccc12. The van der Waals surface area contributed by atoms with Gasteiger partial charge in [-0.3, -0.25) is 9.35 Å². The molecule has 2 aliphatic rings. The van der Waals surface area contributed by atoms with Crippen LogP contribution in [0.2, 0.25) is 0 Å². The number of ether oxygens (including phenoxy) is 1. The monoisotopic (exact) mass is 879 g/mol. The summed E-state index contributed by atoms with van der Waals surface area (Å²) in [4.78, 5) is 15.6. The van der Waals surface area contributed by atoms with Crippen LogP contribution in [0.1, 0.15) is 98.8 Å². The summed E-state index contributed by atoms with van der Waals surface area (Å²) in [5, 5.41) is 7.84. The van der Waals surface area contributed by atoms with Crippen molar-refractivity contribution in [3.63, 3.8) is 0 Å². The van der Waals surface area contributed by atoms with Gasteiger partial charge < -0.3 is 20.7 Å². The second-order valence-electron chi connectivity index (χ2n) is 18.5.